The Balaban J connectivity index is 1.84. The lowest BCUT2D eigenvalue weighted by atomic mass is 10.1. The molecular formula is C20H21NO3. The number of benzene rings is 2. The average Bonchev–Trinajstić information content (AvgIpc) is 3.39. The highest BCUT2D eigenvalue weighted by atomic mass is 16.5. The summed E-state index contributed by atoms with van der Waals surface area (Å²) in [5, 5.41) is 2.92. The Hall–Kier alpha value is -2.62. The second-order valence-corrected chi connectivity index (χ2v) is 6.30. The van der Waals surface area contributed by atoms with Crippen LogP contribution in [0.25, 0.3) is 0 Å². The number of esters is 1. The molecule has 1 amide bonds. The number of hydrogen-bond donors (Lipinski definition) is 1. The van der Waals surface area contributed by atoms with Crippen LogP contribution in [0, 0.1) is 13.8 Å². The van der Waals surface area contributed by atoms with Crippen LogP contribution in [0.15, 0.2) is 48.5 Å². The molecule has 4 heteroatoms. The Labute approximate surface area is 141 Å². The minimum Gasteiger partial charge on any atom is -0.444 e. The van der Waals surface area contributed by atoms with Crippen LogP contribution < -0.4 is 5.32 Å². The van der Waals surface area contributed by atoms with Gasteiger partial charge in [0.05, 0.1) is 5.56 Å². The molecule has 1 saturated carbocycles. The summed E-state index contributed by atoms with van der Waals surface area (Å²) < 4.78 is 5.60. The second kappa shape index (κ2) is 6.87. The van der Waals surface area contributed by atoms with E-state index in [0.717, 1.165) is 24.0 Å². The molecule has 0 saturated heterocycles. The van der Waals surface area contributed by atoms with E-state index < -0.39 is 12.1 Å². The predicted molar refractivity (Wildman–Crippen MR) is 91.7 cm³/mol. The van der Waals surface area contributed by atoms with Crippen molar-refractivity contribution in [3.8, 4) is 0 Å². The first kappa shape index (κ1) is 16.2. The fourth-order valence-corrected chi connectivity index (χ4v) is 2.53. The van der Waals surface area contributed by atoms with Gasteiger partial charge in [-0.05, 0) is 38.3 Å². The van der Waals surface area contributed by atoms with Crippen LogP contribution in [0.3, 0.4) is 0 Å². The van der Waals surface area contributed by atoms with Crippen LogP contribution in [-0.4, -0.2) is 17.9 Å². The number of carbonyl (C=O) groups is 2. The first-order chi connectivity index (χ1) is 11.5. The van der Waals surface area contributed by atoms with E-state index in [1.54, 1.807) is 18.2 Å². The molecular weight excluding hydrogens is 302 g/mol. The molecule has 2 aromatic rings. The van der Waals surface area contributed by atoms with E-state index in [1.165, 1.54) is 0 Å². The van der Waals surface area contributed by atoms with Crippen molar-refractivity contribution >= 4 is 11.9 Å². The molecule has 4 nitrogen and oxygen atoms in total. The van der Waals surface area contributed by atoms with E-state index in [1.807, 2.05) is 44.2 Å². The monoisotopic (exact) mass is 323 g/mol. The van der Waals surface area contributed by atoms with Gasteiger partial charge in [-0.15, -0.1) is 0 Å². The maximum atomic E-state index is 12.6. The smallest absolute Gasteiger partial charge is 0.339 e. The molecule has 3 rings (SSSR count). The maximum Gasteiger partial charge on any atom is 0.339 e. The Morgan fingerprint density at radius 2 is 1.79 bits per heavy atom. The lowest BCUT2D eigenvalue weighted by Crippen LogP contribution is -2.33. The molecule has 0 aliphatic heterocycles. The fraction of sp³-hybridized carbons (Fsp3) is 0.300. The molecule has 0 heterocycles. The fourth-order valence-electron chi connectivity index (χ4n) is 2.53. The standard InChI is InChI=1S/C20H21NO3/c1-13-8-9-14(2)17(12-13)20(23)24-18(15-6-4-3-5-7-15)19(22)21-16-10-11-16/h3-9,12,16,18H,10-11H2,1-2H3,(H,21,22)/t18-/m0/s1. The molecule has 24 heavy (non-hydrogen) atoms. The number of carbonyl (C=O) groups excluding carboxylic acids is 2. The molecule has 0 aromatic heterocycles. The Morgan fingerprint density at radius 1 is 1.08 bits per heavy atom. The zero-order valence-corrected chi connectivity index (χ0v) is 13.9. The van der Waals surface area contributed by atoms with Gasteiger partial charge in [-0.3, -0.25) is 4.79 Å². The molecule has 0 radical (unpaired) electrons. The highest BCUT2D eigenvalue weighted by Crippen LogP contribution is 2.24. The zero-order valence-electron chi connectivity index (χ0n) is 13.9. The van der Waals surface area contributed by atoms with Crippen molar-refractivity contribution in [3.63, 3.8) is 0 Å². The third kappa shape index (κ3) is 3.82. The second-order valence-electron chi connectivity index (χ2n) is 6.30. The van der Waals surface area contributed by atoms with Gasteiger partial charge in [-0.1, -0.05) is 48.0 Å². The normalized spacial score (nSPS) is 14.8. The highest BCUT2D eigenvalue weighted by molar-refractivity contribution is 5.94. The van der Waals surface area contributed by atoms with E-state index in [9.17, 15) is 9.59 Å². The first-order valence-corrected chi connectivity index (χ1v) is 8.18. The minimum absolute atomic E-state index is 0.211. The number of rotatable bonds is 5. The van der Waals surface area contributed by atoms with Gasteiger partial charge in [0.25, 0.3) is 5.91 Å². The van der Waals surface area contributed by atoms with E-state index >= 15 is 0 Å². The lowest BCUT2D eigenvalue weighted by molar-refractivity contribution is -0.130. The molecule has 124 valence electrons. The van der Waals surface area contributed by atoms with E-state index in [0.29, 0.717) is 11.1 Å². The van der Waals surface area contributed by atoms with Gasteiger partial charge in [0.1, 0.15) is 0 Å². The van der Waals surface area contributed by atoms with Gasteiger partial charge < -0.3 is 10.1 Å². The van der Waals surface area contributed by atoms with Gasteiger partial charge in [0.15, 0.2) is 0 Å². The number of aryl methyl sites for hydroxylation is 2. The molecule has 1 aliphatic carbocycles. The van der Waals surface area contributed by atoms with Crippen molar-refractivity contribution in [3.05, 3.63) is 70.8 Å². The van der Waals surface area contributed by atoms with Crippen LogP contribution in [0.5, 0.6) is 0 Å². The third-order valence-electron chi connectivity index (χ3n) is 4.10. The summed E-state index contributed by atoms with van der Waals surface area (Å²) in [4.78, 5) is 25.1. The van der Waals surface area contributed by atoms with Crippen molar-refractivity contribution < 1.29 is 14.3 Å². The van der Waals surface area contributed by atoms with Crippen molar-refractivity contribution in [1.82, 2.24) is 5.32 Å². The van der Waals surface area contributed by atoms with E-state index in [2.05, 4.69) is 5.32 Å². The summed E-state index contributed by atoms with van der Waals surface area (Å²) in [5.74, 6) is -0.738. The van der Waals surface area contributed by atoms with E-state index in [-0.39, 0.29) is 11.9 Å². The van der Waals surface area contributed by atoms with Crippen molar-refractivity contribution in [2.75, 3.05) is 0 Å². The summed E-state index contributed by atoms with van der Waals surface area (Å²) in [7, 11) is 0. The topological polar surface area (TPSA) is 55.4 Å². The van der Waals surface area contributed by atoms with Crippen LogP contribution >= 0.6 is 0 Å². The van der Waals surface area contributed by atoms with Gasteiger partial charge in [-0.2, -0.15) is 0 Å². The summed E-state index contributed by atoms with van der Waals surface area (Å²) in [5.41, 5.74) is 2.98. The van der Waals surface area contributed by atoms with Crippen molar-refractivity contribution in [2.45, 2.75) is 38.8 Å². The van der Waals surface area contributed by atoms with Crippen LogP contribution in [-0.2, 0) is 9.53 Å². The molecule has 1 fully saturated rings. The van der Waals surface area contributed by atoms with Gasteiger partial charge >= 0.3 is 5.97 Å². The minimum atomic E-state index is -0.931. The third-order valence-corrected chi connectivity index (χ3v) is 4.10. The van der Waals surface area contributed by atoms with Crippen LogP contribution in [0.2, 0.25) is 0 Å². The van der Waals surface area contributed by atoms with Gasteiger partial charge in [0.2, 0.25) is 6.10 Å². The number of nitrogens with one attached hydrogen (secondary N) is 1. The number of ether oxygens (including phenoxy) is 1. The summed E-state index contributed by atoms with van der Waals surface area (Å²) in [6, 6.07) is 15.0. The lowest BCUT2D eigenvalue weighted by Gasteiger charge is -2.18. The highest BCUT2D eigenvalue weighted by Gasteiger charge is 2.31. The van der Waals surface area contributed by atoms with Gasteiger partial charge in [-0.25, -0.2) is 4.79 Å². The molecule has 0 unspecified atom stereocenters. The molecule has 0 bridgehead atoms. The largest absolute Gasteiger partial charge is 0.444 e. The maximum absolute atomic E-state index is 12.6. The predicted octanol–water partition coefficient (Wildman–Crippen LogP) is 3.48. The number of amides is 1. The van der Waals surface area contributed by atoms with Gasteiger partial charge in [0, 0.05) is 11.6 Å². The molecule has 0 spiro atoms. The van der Waals surface area contributed by atoms with Crippen LogP contribution in [0.4, 0.5) is 0 Å². The Kier molecular flexibility index (Phi) is 4.65. The SMILES string of the molecule is Cc1ccc(C)c(C(=O)O[C@H](C(=O)NC2CC2)c2ccccc2)c1. The summed E-state index contributed by atoms with van der Waals surface area (Å²) >= 11 is 0. The van der Waals surface area contributed by atoms with E-state index in [4.69, 9.17) is 4.74 Å². The zero-order chi connectivity index (χ0) is 17.1. The summed E-state index contributed by atoms with van der Waals surface area (Å²) in [6.07, 6.45) is 1.04. The first-order valence-electron chi connectivity index (χ1n) is 8.18. The molecule has 2 aromatic carbocycles. The molecule has 1 N–H and O–H groups in total. The van der Waals surface area contributed by atoms with Crippen LogP contribution in [0.1, 0.15) is 46.0 Å². The van der Waals surface area contributed by atoms with Crippen molar-refractivity contribution in [2.24, 2.45) is 0 Å². The van der Waals surface area contributed by atoms with Crippen molar-refractivity contribution in [1.29, 1.82) is 0 Å². The Bertz CT molecular complexity index is 751. The quantitative estimate of drug-likeness (QED) is 0.857. The summed E-state index contributed by atoms with van der Waals surface area (Å²) in [6.45, 7) is 3.78. The average molecular weight is 323 g/mol. The number of hydrogen-bond acceptors (Lipinski definition) is 3. The molecule has 1 aliphatic rings. The Morgan fingerprint density at radius 3 is 2.46 bits per heavy atom. The molecule has 1 atom stereocenters.